The van der Waals surface area contributed by atoms with E-state index in [4.69, 9.17) is 15.9 Å². The summed E-state index contributed by atoms with van der Waals surface area (Å²) >= 11 is 0. The number of benzene rings is 3. The fraction of sp³-hybridized carbons (Fsp3) is 0.120. The average Bonchev–Trinajstić information content (AvgIpc) is 3.15. The normalized spacial score (nSPS) is 10.9. The summed E-state index contributed by atoms with van der Waals surface area (Å²) in [5.41, 5.74) is 10.3. The topological polar surface area (TPSA) is 122 Å². The summed E-state index contributed by atoms with van der Waals surface area (Å²) in [5, 5.41) is 28.1. The van der Waals surface area contributed by atoms with E-state index in [0.29, 0.717) is 23.4 Å². The van der Waals surface area contributed by atoms with Crippen LogP contribution in [0, 0.1) is 5.41 Å². The van der Waals surface area contributed by atoms with Crippen LogP contribution in [0.15, 0.2) is 66.9 Å². The van der Waals surface area contributed by atoms with Gasteiger partial charge < -0.3 is 25.3 Å². The van der Waals surface area contributed by atoms with Crippen molar-refractivity contribution in [1.82, 2.24) is 4.57 Å². The number of carbonyl (C=O) groups is 1. The number of rotatable bonds is 7. The van der Waals surface area contributed by atoms with Crippen LogP contribution in [0.2, 0.25) is 0 Å². The number of carboxylic acid groups (broad SMARTS) is 1. The third kappa shape index (κ3) is 3.81. The van der Waals surface area contributed by atoms with E-state index in [2.05, 4.69) is 0 Å². The monoisotopic (exact) mass is 429 g/mol. The third-order valence-corrected chi connectivity index (χ3v) is 5.55. The number of aromatic nitrogens is 1. The average molecular weight is 429 g/mol. The lowest BCUT2D eigenvalue weighted by atomic mass is 9.95. The second kappa shape index (κ2) is 8.56. The summed E-state index contributed by atoms with van der Waals surface area (Å²) in [4.78, 5) is 11.9. The smallest absolute Gasteiger partial charge is 0.336 e. The number of hydrogen-bond donors (Lipinski definition) is 4. The first-order chi connectivity index (χ1) is 15.4. The number of nitrogen functional groups attached to an aromatic ring is 1. The lowest BCUT2D eigenvalue weighted by Gasteiger charge is -2.14. The number of amidine groups is 1. The van der Waals surface area contributed by atoms with E-state index in [-0.39, 0.29) is 18.0 Å². The van der Waals surface area contributed by atoms with Crippen LogP contribution < -0.4 is 10.5 Å². The van der Waals surface area contributed by atoms with E-state index in [1.807, 2.05) is 41.1 Å². The molecule has 0 aliphatic rings. The Bertz CT molecular complexity index is 1340. The second-order valence-electron chi connectivity index (χ2n) is 7.46. The van der Waals surface area contributed by atoms with Crippen LogP contribution in [0.5, 0.6) is 5.75 Å². The Hall–Kier alpha value is -4.10. The predicted octanol–water partition coefficient (Wildman–Crippen LogP) is 3.84. The fourth-order valence-corrected chi connectivity index (χ4v) is 3.96. The molecule has 0 saturated heterocycles. The SMILES string of the molecule is COc1ccc(-c2ccccc2Cn2cc(CO)c3cc(C(=N)N)ccc32)c(C(=O)O)c1. The van der Waals surface area contributed by atoms with Crippen molar-refractivity contribution in [3.05, 3.63) is 89.1 Å². The number of aromatic carboxylic acids is 1. The minimum atomic E-state index is -1.03. The van der Waals surface area contributed by atoms with E-state index in [9.17, 15) is 15.0 Å². The highest BCUT2D eigenvalue weighted by Crippen LogP contribution is 2.32. The van der Waals surface area contributed by atoms with Crippen molar-refractivity contribution in [2.75, 3.05) is 7.11 Å². The van der Waals surface area contributed by atoms with Gasteiger partial charge in [0.1, 0.15) is 11.6 Å². The Balaban J connectivity index is 1.83. The molecule has 0 fully saturated rings. The van der Waals surface area contributed by atoms with Gasteiger partial charge in [0.15, 0.2) is 0 Å². The molecule has 0 aliphatic carbocycles. The van der Waals surface area contributed by atoms with Gasteiger partial charge in [0.2, 0.25) is 0 Å². The molecule has 0 bridgehead atoms. The summed E-state index contributed by atoms with van der Waals surface area (Å²) in [7, 11) is 1.50. The van der Waals surface area contributed by atoms with Crippen molar-refractivity contribution >= 4 is 22.7 Å². The molecule has 0 atom stereocenters. The number of aliphatic hydroxyl groups is 1. The van der Waals surface area contributed by atoms with Gasteiger partial charge in [-0.15, -0.1) is 0 Å². The van der Waals surface area contributed by atoms with E-state index < -0.39 is 5.97 Å². The van der Waals surface area contributed by atoms with Crippen molar-refractivity contribution in [1.29, 1.82) is 5.41 Å². The van der Waals surface area contributed by atoms with Crippen LogP contribution in [0.3, 0.4) is 0 Å². The summed E-state index contributed by atoms with van der Waals surface area (Å²) < 4.78 is 7.20. The lowest BCUT2D eigenvalue weighted by Crippen LogP contribution is -2.10. The number of ether oxygens (including phenoxy) is 1. The van der Waals surface area contributed by atoms with E-state index in [1.165, 1.54) is 13.2 Å². The van der Waals surface area contributed by atoms with Crippen LogP contribution in [0.4, 0.5) is 0 Å². The zero-order valence-electron chi connectivity index (χ0n) is 17.5. The Morgan fingerprint density at radius 2 is 1.84 bits per heavy atom. The molecule has 5 N–H and O–H groups in total. The molecule has 0 amide bonds. The summed E-state index contributed by atoms with van der Waals surface area (Å²) in [6.45, 7) is 0.325. The number of fused-ring (bicyclic) bond motifs is 1. The quantitative estimate of drug-likeness (QED) is 0.263. The number of nitrogens with zero attached hydrogens (tertiary/aromatic N) is 1. The molecule has 0 radical (unpaired) electrons. The Kier molecular flexibility index (Phi) is 5.66. The Morgan fingerprint density at radius 1 is 1.06 bits per heavy atom. The molecular weight excluding hydrogens is 406 g/mol. The fourth-order valence-electron chi connectivity index (χ4n) is 3.96. The van der Waals surface area contributed by atoms with Gasteiger partial charge >= 0.3 is 5.97 Å². The zero-order valence-corrected chi connectivity index (χ0v) is 17.5. The van der Waals surface area contributed by atoms with Gasteiger partial charge in [-0.25, -0.2) is 4.79 Å². The van der Waals surface area contributed by atoms with Crippen molar-refractivity contribution in [3.8, 4) is 16.9 Å². The van der Waals surface area contributed by atoms with E-state index in [0.717, 1.165) is 27.6 Å². The minimum Gasteiger partial charge on any atom is -0.497 e. The zero-order chi connectivity index (χ0) is 22.8. The number of methoxy groups -OCH3 is 1. The maximum absolute atomic E-state index is 11.9. The van der Waals surface area contributed by atoms with E-state index in [1.54, 1.807) is 24.3 Å². The maximum atomic E-state index is 11.9. The molecule has 4 rings (SSSR count). The molecule has 0 spiro atoms. The maximum Gasteiger partial charge on any atom is 0.336 e. The first-order valence-electron chi connectivity index (χ1n) is 9.99. The van der Waals surface area contributed by atoms with Gasteiger partial charge in [-0.2, -0.15) is 0 Å². The molecule has 7 nitrogen and oxygen atoms in total. The molecule has 3 aromatic carbocycles. The standard InChI is InChI=1S/C25H23N3O4/c1-32-18-7-8-20(22(11-18)25(30)31)19-5-3-2-4-16(19)12-28-13-17(14-29)21-10-15(24(26)27)6-9-23(21)28/h2-11,13,29H,12,14H2,1H3,(H3,26,27)(H,30,31). The summed E-state index contributed by atoms with van der Waals surface area (Å²) in [6.07, 6.45) is 1.87. The van der Waals surface area contributed by atoms with Crippen molar-refractivity contribution in [2.45, 2.75) is 13.2 Å². The number of carboxylic acids is 1. The Morgan fingerprint density at radius 3 is 2.53 bits per heavy atom. The highest BCUT2D eigenvalue weighted by Gasteiger charge is 2.17. The van der Waals surface area contributed by atoms with E-state index >= 15 is 0 Å². The number of hydrogen-bond acceptors (Lipinski definition) is 4. The molecule has 4 aromatic rings. The molecule has 0 saturated carbocycles. The van der Waals surface area contributed by atoms with Crippen LogP contribution in [-0.2, 0) is 13.2 Å². The summed E-state index contributed by atoms with van der Waals surface area (Å²) in [5.74, 6) is -0.581. The minimum absolute atomic E-state index is 0.0328. The highest BCUT2D eigenvalue weighted by atomic mass is 16.5. The third-order valence-electron chi connectivity index (χ3n) is 5.55. The van der Waals surface area contributed by atoms with Crippen LogP contribution in [0.25, 0.3) is 22.0 Å². The van der Waals surface area contributed by atoms with Gasteiger partial charge in [0.25, 0.3) is 0 Å². The lowest BCUT2D eigenvalue weighted by molar-refractivity contribution is 0.0697. The largest absolute Gasteiger partial charge is 0.497 e. The molecule has 162 valence electrons. The second-order valence-corrected chi connectivity index (χ2v) is 7.46. The molecule has 0 aliphatic heterocycles. The van der Waals surface area contributed by atoms with Crippen LogP contribution in [-0.4, -0.2) is 33.7 Å². The highest BCUT2D eigenvalue weighted by molar-refractivity contribution is 5.99. The first kappa shape index (κ1) is 21.1. The molecule has 32 heavy (non-hydrogen) atoms. The van der Waals surface area contributed by atoms with Crippen molar-refractivity contribution in [2.24, 2.45) is 5.73 Å². The van der Waals surface area contributed by atoms with Gasteiger partial charge in [0, 0.05) is 34.8 Å². The molecular formula is C25H23N3O4. The molecule has 7 heteroatoms. The molecule has 1 aromatic heterocycles. The van der Waals surface area contributed by atoms with Gasteiger partial charge in [0.05, 0.1) is 19.3 Å². The van der Waals surface area contributed by atoms with Crippen LogP contribution in [0.1, 0.15) is 27.0 Å². The van der Waals surface area contributed by atoms with Crippen molar-refractivity contribution < 1.29 is 19.7 Å². The number of nitrogens with two attached hydrogens (primary N) is 1. The number of nitrogens with one attached hydrogen (secondary N) is 1. The molecule has 0 unspecified atom stereocenters. The Labute approximate surface area is 184 Å². The van der Waals surface area contributed by atoms with Crippen LogP contribution >= 0.6 is 0 Å². The molecule has 1 heterocycles. The first-order valence-corrected chi connectivity index (χ1v) is 9.99. The van der Waals surface area contributed by atoms with Gasteiger partial charge in [-0.3, -0.25) is 5.41 Å². The predicted molar refractivity (Wildman–Crippen MR) is 123 cm³/mol. The number of aliphatic hydroxyl groups excluding tert-OH is 1. The summed E-state index contributed by atoms with van der Waals surface area (Å²) in [6, 6.07) is 18.1. The van der Waals surface area contributed by atoms with Gasteiger partial charge in [-0.1, -0.05) is 24.3 Å². The van der Waals surface area contributed by atoms with Crippen molar-refractivity contribution in [3.63, 3.8) is 0 Å². The van der Waals surface area contributed by atoms with Gasteiger partial charge in [-0.05, 0) is 53.1 Å².